The minimum absolute atomic E-state index is 0.0820. The predicted molar refractivity (Wildman–Crippen MR) is 54.1 cm³/mol. The molecule has 0 fully saturated rings. The van der Waals surface area contributed by atoms with Crippen molar-refractivity contribution < 1.29 is 18.7 Å². The first kappa shape index (κ1) is 11.7. The molecule has 0 N–H and O–H groups in total. The number of carbonyl (C=O) groups excluding carboxylic acids is 1. The maximum Gasteiger partial charge on any atom is 0.153 e. The first-order chi connectivity index (χ1) is 7.38. The lowest BCUT2D eigenvalue weighted by atomic mass is 10.2. The van der Waals surface area contributed by atoms with Gasteiger partial charge in [0.2, 0.25) is 0 Å². The van der Waals surface area contributed by atoms with Gasteiger partial charge in [0.25, 0.3) is 0 Å². The van der Waals surface area contributed by atoms with Gasteiger partial charge in [-0.2, -0.15) is 0 Å². The number of rotatable bonds is 7. The molecule has 0 atom stereocenters. The Labute approximate surface area is 87.8 Å². The van der Waals surface area contributed by atoms with Crippen LogP contribution in [0.3, 0.4) is 0 Å². The predicted octanol–water partition coefficient (Wildman–Crippen LogP) is 1.86. The number of carbonyl (C=O) groups is 1. The van der Waals surface area contributed by atoms with E-state index in [1.54, 1.807) is 24.3 Å². The average molecular weight is 212 g/mol. The summed E-state index contributed by atoms with van der Waals surface area (Å²) in [5, 5.41) is 0. The molecule has 0 aromatic heterocycles. The molecule has 1 aromatic carbocycles. The van der Waals surface area contributed by atoms with E-state index in [-0.39, 0.29) is 6.61 Å². The van der Waals surface area contributed by atoms with Crippen molar-refractivity contribution >= 4 is 6.29 Å². The van der Waals surface area contributed by atoms with Crippen molar-refractivity contribution in [3.05, 3.63) is 29.8 Å². The summed E-state index contributed by atoms with van der Waals surface area (Å²) in [4.78, 5) is 10.6. The van der Waals surface area contributed by atoms with E-state index in [4.69, 9.17) is 9.47 Å². The highest BCUT2D eigenvalue weighted by Gasteiger charge is 2.00. The summed E-state index contributed by atoms with van der Waals surface area (Å²) in [6.07, 6.45) is 0.734. The molecule has 0 bridgehead atoms. The summed E-state index contributed by atoms with van der Waals surface area (Å²) in [5.41, 5.74) is 0.503. The molecule has 3 nitrogen and oxygen atoms in total. The first-order valence-electron chi connectivity index (χ1n) is 4.69. The molecule has 0 aliphatic heterocycles. The summed E-state index contributed by atoms with van der Waals surface area (Å²) in [6, 6.07) is 6.92. The van der Waals surface area contributed by atoms with Crippen molar-refractivity contribution in [1.29, 1.82) is 0 Å². The minimum Gasteiger partial charge on any atom is -0.490 e. The van der Waals surface area contributed by atoms with E-state index in [2.05, 4.69) is 0 Å². The highest BCUT2D eigenvalue weighted by molar-refractivity contribution is 5.79. The highest BCUT2D eigenvalue weighted by atomic mass is 19.1. The van der Waals surface area contributed by atoms with Crippen molar-refractivity contribution in [2.45, 2.75) is 0 Å². The average Bonchev–Trinajstić information content (AvgIpc) is 2.29. The Bertz CT molecular complexity index is 302. The molecule has 0 unspecified atom stereocenters. The second-order valence-electron chi connectivity index (χ2n) is 2.81. The Morgan fingerprint density at radius 3 is 2.73 bits per heavy atom. The molecule has 15 heavy (non-hydrogen) atoms. The fourth-order valence-electron chi connectivity index (χ4n) is 1.08. The van der Waals surface area contributed by atoms with Crippen LogP contribution < -0.4 is 4.74 Å². The van der Waals surface area contributed by atoms with Gasteiger partial charge in [0, 0.05) is 0 Å². The van der Waals surface area contributed by atoms with Crippen LogP contribution in [0.2, 0.25) is 0 Å². The standard InChI is InChI=1S/C11H13FO3/c12-5-6-14-7-8-15-11-4-2-1-3-10(11)9-13/h1-4,9H,5-8H2. The normalized spacial score (nSPS) is 9.93. The zero-order valence-electron chi connectivity index (χ0n) is 8.32. The quantitative estimate of drug-likeness (QED) is 0.511. The van der Waals surface area contributed by atoms with E-state index in [1.807, 2.05) is 0 Å². The molecular weight excluding hydrogens is 199 g/mol. The maximum absolute atomic E-state index is 11.6. The summed E-state index contributed by atoms with van der Waals surface area (Å²) in [6.45, 7) is 0.214. The smallest absolute Gasteiger partial charge is 0.153 e. The van der Waals surface area contributed by atoms with Crippen LogP contribution >= 0.6 is 0 Å². The number of alkyl halides is 1. The van der Waals surface area contributed by atoms with E-state index < -0.39 is 6.67 Å². The van der Waals surface area contributed by atoms with Crippen LogP contribution in [0.5, 0.6) is 5.75 Å². The van der Waals surface area contributed by atoms with Gasteiger partial charge in [0.15, 0.2) is 6.29 Å². The molecule has 1 rings (SSSR count). The second-order valence-corrected chi connectivity index (χ2v) is 2.81. The van der Waals surface area contributed by atoms with Gasteiger partial charge in [-0.05, 0) is 12.1 Å². The zero-order chi connectivity index (χ0) is 10.9. The largest absolute Gasteiger partial charge is 0.490 e. The van der Waals surface area contributed by atoms with Gasteiger partial charge < -0.3 is 9.47 Å². The van der Waals surface area contributed by atoms with Crippen LogP contribution in [-0.4, -0.2) is 32.8 Å². The Hall–Kier alpha value is -1.42. The van der Waals surface area contributed by atoms with Crippen LogP contribution in [0, 0.1) is 0 Å². The number of hydrogen-bond donors (Lipinski definition) is 0. The van der Waals surface area contributed by atoms with Gasteiger partial charge >= 0.3 is 0 Å². The number of ether oxygens (including phenoxy) is 2. The van der Waals surface area contributed by atoms with Crippen molar-refractivity contribution in [2.75, 3.05) is 26.5 Å². The number of aldehydes is 1. The molecule has 4 heteroatoms. The third-order valence-corrected chi connectivity index (χ3v) is 1.75. The summed E-state index contributed by atoms with van der Waals surface area (Å²) >= 11 is 0. The number of hydrogen-bond acceptors (Lipinski definition) is 3. The Morgan fingerprint density at radius 1 is 1.20 bits per heavy atom. The van der Waals surface area contributed by atoms with E-state index in [9.17, 15) is 9.18 Å². The summed E-state index contributed by atoms with van der Waals surface area (Å²) < 4.78 is 21.8. The second kappa shape index (κ2) is 6.95. The molecule has 0 heterocycles. The van der Waals surface area contributed by atoms with Gasteiger partial charge in [0.1, 0.15) is 19.0 Å². The summed E-state index contributed by atoms with van der Waals surface area (Å²) in [7, 11) is 0. The topological polar surface area (TPSA) is 35.5 Å². The van der Waals surface area contributed by atoms with Crippen LogP contribution in [0.25, 0.3) is 0 Å². The fraction of sp³-hybridized carbons (Fsp3) is 0.364. The van der Waals surface area contributed by atoms with Gasteiger partial charge in [-0.25, -0.2) is 4.39 Å². The van der Waals surface area contributed by atoms with E-state index in [0.717, 1.165) is 6.29 Å². The molecule has 0 aliphatic carbocycles. The van der Waals surface area contributed by atoms with E-state index in [0.29, 0.717) is 24.5 Å². The molecule has 0 aliphatic rings. The molecular formula is C11H13FO3. The summed E-state index contributed by atoms with van der Waals surface area (Å²) in [5.74, 6) is 0.524. The van der Waals surface area contributed by atoms with Crippen molar-refractivity contribution in [3.63, 3.8) is 0 Å². The molecule has 1 aromatic rings. The monoisotopic (exact) mass is 212 g/mol. The SMILES string of the molecule is O=Cc1ccccc1OCCOCCF. The number of para-hydroxylation sites is 1. The molecule has 0 radical (unpaired) electrons. The van der Waals surface area contributed by atoms with Crippen LogP contribution in [-0.2, 0) is 4.74 Å². The van der Waals surface area contributed by atoms with Crippen LogP contribution in [0.15, 0.2) is 24.3 Å². The first-order valence-corrected chi connectivity index (χ1v) is 4.69. The molecule has 82 valence electrons. The van der Waals surface area contributed by atoms with Crippen molar-refractivity contribution in [1.82, 2.24) is 0 Å². The third kappa shape index (κ3) is 4.08. The van der Waals surface area contributed by atoms with Gasteiger partial charge in [-0.15, -0.1) is 0 Å². The van der Waals surface area contributed by atoms with Gasteiger partial charge in [0.05, 0.1) is 18.8 Å². The van der Waals surface area contributed by atoms with E-state index >= 15 is 0 Å². The maximum atomic E-state index is 11.6. The van der Waals surface area contributed by atoms with Gasteiger partial charge in [-0.3, -0.25) is 4.79 Å². The lowest BCUT2D eigenvalue weighted by molar-refractivity contribution is 0.0890. The molecule has 0 saturated heterocycles. The fourth-order valence-corrected chi connectivity index (χ4v) is 1.08. The third-order valence-electron chi connectivity index (χ3n) is 1.75. The number of halogens is 1. The Balaban J connectivity index is 2.33. The van der Waals surface area contributed by atoms with Crippen molar-refractivity contribution in [2.24, 2.45) is 0 Å². The van der Waals surface area contributed by atoms with Crippen molar-refractivity contribution in [3.8, 4) is 5.75 Å². The minimum atomic E-state index is -0.495. The molecule has 0 saturated carbocycles. The van der Waals surface area contributed by atoms with Crippen LogP contribution in [0.4, 0.5) is 4.39 Å². The van der Waals surface area contributed by atoms with E-state index in [1.165, 1.54) is 0 Å². The van der Waals surface area contributed by atoms with Crippen LogP contribution in [0.1, 0.15) is 10.4 Å². The lowest BCUT2D eigenvalue weighted by Crippen LogP contribution is -2.09. The molecule has 0 amide bonds. The van der Waals surface area contributed by atoms with Gasteiger partial charge in [-0.1, -0.05) is 12.1 Å². The molecule has 0 spiro atoms. The zero-order valence-corrected chi connectivity index (χ0v) is 8.32. The lowest BCUT2D eigenvalue weighted by Gasteiger charge is -2.07. The number of benzene rings is 1. The highest BCUT2D eigenvalue weighted by Crippen LogP contribution is 2.15. The Morgan fingerprint density at radius 2 is 2.00 bits per heavy atom. The Kier molecular flexibility index (Phi) is 5.40.